The molecular formula is C36H46N6O4S2. The second-order valence-electron chi connectivity index (χ2n) is 11.4. The summed E-state index contributed by atoms with van der Waals surface area (Å²) < 4.78 is 4.99. The third-order valence-electron chi connectivity index (χ3n) is 7.59. The molecule has 4 aromatic rings. The highest BCUT2D eigenvalue weighted by atomic mass is 32.1. The molecular weight excluding hydrogens is 645 g/mol. The maximum absolute atomic E-state index is 11.7. The van der Waals surface area contributed by atoms with Crippen molar-refractivity contribution in [3.63, 3.8) is 0 Å². The Morgan fingerprint density at radius 2 is 1.19 bits per heavy atom. The number of rotatable bonds is 13. The van der Waals surface area contributed by atoms with Crippen molar-refractivity contribution in [2.75, 3.05) is 33.8 Å². The molecule has 0 saturated heterocycles. The van der Waals surface area contributed by atoms with E-state index in [2.05, 4.69) is 71.9 Å². The van der Waals surface area contributed by atoms with E-state index in [1.54, 1.807) is 17.7 Å². The van der Waals surface area contributed by atoms with Gasteiger partial charge in [-0.3, -0.25) is 0 Å². The molecule has 0 aliphatic carbocycles. The highest BCUT2D eigenvalue weighted by molar-refractivity contribution is 7.10. The first-order valence-corrected chi connectivity index (χ1v) is 17.6. The third-order valence-corrected chi connectivity index (χ3v) is 9.28. The Hall–Kier alpha value is -4.42. The van der Waals surface area contributed by atoms with E-state index in [0.29, 0.717) is 25.1 Å². The van der Waals surface area contributed by atoms with Crippen LogP contribution in [-0.4, -0.2) is 83.3 Å². The Balaban J connectivity index is 0.000000261. The fourth-order valence-corrected chi connectivity index (χ4v) is 5.95. The van der Waals surface area contributed by atoms with Gasteiger partial charge in [-0.15, -0.1) is 22.7 Å². The molecule has 48 heavy (non-hydrogen) atoms. The van der Waals surface area contributed by atoms with Crippen LogP contribution in [-0.2, 0) is 17.6 Å². The molecule has 0 atom stereocenters. The highest BCUT2D eigenvalue weighted by Crippen LogP contribution is 2.27. The number of carboxylic acids is 1. The van der Waals surface area contributed by atoms with Crippen LogP contribution >= 0.6 is 22.7 Å². The highest BCUT2D eigenvalue weighted by Gasteiger charge is 2.14. The van der Waals surface area contributed by atoms with Crippen molar-refractivity contribution in [3.8, 4) is 0 Å². The van der Waals surface area contributed by atoms with Crippen molar-refractivity contribution in [2.45, 2.75) is 61.3 Å². The first-order valence-electron chi connectivity index (χ1n) is 15.8. The van der Waals surface area contributed by atoms with Gasteiger partial charge in [0.1, 0.15) is 0 Å². The first kappa shape index (κ1) is 38.0. The van der Waals surface area contributed by atoms with Crippen molar-refractivity contribution in [1.82, 2.24) is 19.8 Å². The topological polar surface area (TPSA) is 121 Å². The molecule has 0 aliphatic rings. The van der Waals surface area contributed by atoms with Gasteiger partial charge in [-0.05, 0) is 94.0 Å². The van der Waals surface area contributed by atoms with Crippen LogP contribution in [0, 0.1) is 27.7 Å². The van der Waals surface area contributed by atoms with Crippen molar-refractivity contribution in [2.24, 2.45) is 9.98 Å². The van der Waals surface area contributed by atoms with Crippen molar-refractivity contribution >= 4 is 58.7 Å². The SMILES string of the molecule is CCN(C)C=Nc1cc(C)c(Cc2nc(C(=O)O)cs2)cc1C.CCOC(=O)c1csc(Cc2cc(C)c(N=CN(C)CC)cc2C)n1. The number of aromatic carboxylic acids is 1. The number of carbonyl (C=O) groups is 2. The number of esters is 1. The van der Waals surface area contributed by atoms with Crippen LogP contribution in [0.4, 0.5) is 11.4 Å². The molecule has 0 radical (unpaired) electrons. The number of carbonyl (C=O) groups excluding carboxylic acids is 1. The first-order chi connectivity index (χ1) is 22.8. The molecule has 0 unspecified atom stereocenters. The van der Waals surface area contributed by atoms with Gasteiger partial charge in [-0.25, -0.2) is 29.5 Å². The van der Waals surface area contributed by atoms with E-state index >= 15 is 0 Å². The van der Waals surface area contributed by atoms with Crippen LogP contribution < -0.4 is 0 Å². The predicted octanol–water partition coefficient (Wildman–Crippen LogP) is 7.80. The molecule has 0 bridgehead atoms. The maximum atomic E-state index is 11.7. The Kier molecular flexibility index (Phi) is 14.4. The fraction of sp³-hybridized carbons (Fsp3) is 0.389. The van der Waals surface area contributed by atoms with Gasteiger partial charge in [-0.2, -0.15) is 0 Å². The summed E-state index contributed by atoms with van der Waals surface area (Å²) in [6, 6.07) is 8.43. The number of aliphatic imine (C=N–C) groups is 2. The number of aromatic nitrogens is 2. The normalized spacial score (nSPS) is 11.1. The number of hydrogen-bond acceptors (Lipinski definition) is 9. The van der Waals surface area contributed by atoms with E-state index < -0.39 is 5.97 Å². The lowest BCUT2D eigenvalue weighted by atomic mass is 10.0. The summed E-state index contributed by atoms with van der Waals surface area (Å²) in [6.45, 7) is 16.4. The molecule has 1 N–H and O–H groups in total. The number of benzene rings is 2. The Labute approximate surface area is 291 Å². The van der Waals surface area contributed by atoms with E-state index in [-0.39, 0.29) is 11.7 Å². The molecule has 256 valence electrons. The van der Waals surface area contributed by atoms with E-state index in [1.807, 2.05) is 50.4 Å². The molecule has 0 saturated carbocycles. The summed E-state index contributed by atoms with van der Waals surface area (Å²) in [5, 5.41) is 14.0. The molecule has 0 amide bonds. The minimum absolute atomic E-state index is 0.114. The smallest absolute Gasteiger partial charge is 0.357 e. The van der Waals surface area contributed by atoms with Gasteiger partial charge in [0.25, 0.3) is 0 Å². The zero-order chi connectivity index (χ0) is 35.4. The van der Waals surface area contributed by atoms with Crippen LogP contribution in [0.2, 0.25) is 0 Å². The second-order valence-corrected chi connectivity index (χ2v) is 13.3. The van der Waals surface area contributed by atoms with Crippen LogP contribution in [0.15, 0.2) is 45.0 Å². The molecule has 10 nitrogen and oxygen atoms in total. The average Bonchev–Trinajstić information content (AvgIpc) is 3.73. The van der Waals surface area contributed by atoms with Gasteiger partial charge in [0, 0.05) is 50.8 Å². The second kappa shape index (κ2) is 18.2. The molecule has 0 fully saturated rings. The third kappa shape index (κ3) is 11.1. The molecule has 12 heteroatoms. The number of hydrogen-bond donors (Lipinski definition) is 1. The fourth-order valence-electron chi connectivity index (χ4n) is 4.37. The molecule has 4 rings (SSSR count). The van der Waals surface area contributed by atoms with E-state index in [9.17, 15) is 9.59 Å². The maximum Gasteiger partial charge on any atom is 0.357 e. The molecule has 0 spiro atoms. The largest absolute Gasteiger partial charge is 0.476 e. The van der Waals surface area contributed by atoms with Crippen molar-refractivity contribution in [3.05, 3.63) is 89.8 Å². The van der Waals surface area contributed by atoms with Gasteiger partial charge in [0.05, 0.1) is 40.7 Å². The number of aryl methyl sites for hydroxylation is 4. The summed E-state index contributed by atoms with van der Waals surface area (Å²) in [4.78, 5) is 44.3. The summed E-state index contributed by atoms with van der Waals surface area (Å²) in [7, 11) is 3.99. The number of nitrogens with zero attached hydrogens (tertiary/aromatic N) is 6. The number of thiazole rings is 2. The number of carboxylic acid groups (broad SMARTS) is 1. The summed E-state index contributed by atoms with van der Waals surface area (Å²) >= 11 is 2.87. The quantitative estimate of drug-likeness (QED) is 0.0858. The summed E-state index contributed by atoms with van der Waals surface area (Å²) in [5.41, 5.74) is 9.32. The van der Waals surface area contributed by atoms with Crippen LogP contribution in [0.25, 0.3) is 0 Å². The van der Waals surface area contributed by atoms with E-state index in [4.69, 9.17) is 9.84 Å². The van der Waals surface area contributed by atoms with Crippen molar-refractivity contribution < 1.29 is 19.4 Å². The lowest BCUT2D eigenvalue weighted by molar-refractivity contribution is 0.0519. The minimum Gasteiger partial charge on any atom is -0.476 e. The predicted molar refractivity (Wildman–Crippen MR) is 197 cm³/mol. The monoisotopic (exact) mass is 690 g/mol. The van der Waals surface area contributed by atoms with Crippen molar-refractivity contribution in [1.29, 1.82) is 0 Å². The van der Waals surface area contributed by atoms with Gasteiger partial charge in [0.15, 0.2) is 11.4 Å². The van der Waals surface area contributed by atoms with Crippen LogP contribution in [0.1, 0.15) is 85.1 Å². The van der Waals surface area contributed by atoms with Crippen LogP contribution in [0.3, 0.4) is 0 Å². The Bertz CT molecular complexity index is 1760. The summed E-state index contributed by atoms with van der Waals surface area (Å²) in [5.74, 6) is -1.34. The van der Waals surface area contributed by atoms with Gasteiger partial charge < -0.3 is 19.6 Å². The van der Waals surface area contributed by atoms with E-state index in [0.717, 1.165) is 56.7 Å². The minimum atomic E-state index is -0.981. The molecule has 2 aromatic heterocycles. The van der Waals surface area contributed by atoms with Gasteiger partial charge >= 0.3 is 11.9 Å². The number of ether oxygens (including phenoxy) is 1. The van der Waals surface area contributed by atoms with Gasteiger partial charge in [-0.1, -0.05) is 12.1 Å². The zero-order valence-corrected chi connectivity index (χ0v) is 31.0. The Morgan fingerprint density at radius 1 is 0.750 bits per heavy atom. The lowest BCUT2D eigenvalue weighted by Gasteiger charge is -2.11. The van der Waals surface area contributed by atoms with Crippen LogP contribution in [0.5, 0.6) is 0 Å². The average molecular weight is 691 g/mol. The zero-order valence-electron chi connectivity index (χ0n) is 29.3. The van der Waals surface area contributed by atoms with Gasteiger partial charge in [0.2, 0.25) is 0 Å². The standard InChI is InChI=1S/C19H25N3O2S.C17H21N3O2S/c1-6-22(5)12-20-16-9-13(3)15(8-14(16)4)10-18-21-17(11-25-18)19(23)24-7-2;1-5-20(4)10-18-14-7-11(2)13(6-12(14)3)8-16-19-15(9-23-16)17(21)22/h8-9,11-12H,6-7,10H2,1-5H3;6-7,9-10H,5,8H2,1-4H3,(H,21,22). The summed E-state index contributed by atoms with van der Waals surface area (Å²) in [6.07, 6.45) is 5.04. The van der Waals surface area contributed by atoms with E-state index in [1.165, 1.54) is 33.8 Å². The molecule has 2 heterocycles. The molecule has 0 aliphatic heterocycles. The lowest BCUT2D eigenvalue weighted by Crippen LogP contribution is -2.14. The Morgan fingerprint density at radius 3 is 1.58 bits per heavy atom. The molecule has 2 aromatic carbocycles.